The second-order valence-corrected chi connectivity index (χ2v) is 5.65. The maximum Gasteiger partial charge on any atom is 0.262 e. The molecule has 1 N–H and O–H groups in total. The van der Waals surface area contributed by atoms with Crippen LogP contribution in [0.4, 0.5) is 5.69 Å². The number of aromatic carboxylic acids is 1. The van der Waals surface area contributed by atoms with E-state index in [2.05, 4.69) is 5.32 Å². The number of amides is 1. The van der Waals surface area contributed by atoms with E-state index in [1.165, 1.54) is 26.4 Å². The number of ether oxygens (including phenoxy) is 3. The second-order valence-electron chi connectivity index (χ2n) is 5.65. The Kier molecular flexibility index (Phi) is 6.06. The molecule has 0 heterocycles. The van der Waals surface area contributed by atoms with Gasteiger partial charge in [0.1, 0.15) is 5.75 Å². The molecule has 1 amide bonds. The SMILES string of the molecule is COc1cc(NC(=O)COc2ccc(C)cc2C)c(C(=O)[O-])cc1OC. The third-order valence-corrected chi connectivity index (χ3v) is 3.71. The maximum absolute atomic E-state index is 12.2. The summed E-state index contributed by atoms with van der Waals surface area (Å²) in [6.45, 7) is 3.57. The molecule has 0 spiro atoms. The van der Waals surface area contributed by atoms with Gasteiger partial charge in [-0.05, 0) is 31.5 Å². The van der Waals surface area contributed by atoms with Gasteiger partial charge in [0, 0.05) is 11.6 Å². The molecule has 0 radical (unpaired) electrons. The number of nitrogens with one attached hydrogen (secondary N) is 1. The van der Waals surface area contributed by atoms with Crippen LogP contribution in [0.3, 0.4) is 0 Å². The van der Waals surface area contributed by atoms with E-state index in [0.29, 0.717) is 5.75 Å². The van der Waals surface area contributed by atoms with Crippen molar-refractivity contribution in [2.75, 3.05) is 26.1 Å². The van der Waals surface area contributed by atoms with Gasteiger partial charge in [-0.15, -0.1) is 0 Å². The Bertz CT molecular complexity index is 831. The van der Waals surface area contributed by atoms with Crippen molar-refractivity contribution < 1.29 is 28.9 Å². The van der Waals surface area contributed by atoms with E-state index in [4.69, 9.17) is 14.2 Å². The summed E-state index contributed by atoms with van der Waals surface area (Å²) in [6.07, 6.45) is 0. The number of methoxy groups -OCH3 is 2. The van der Waals surface area contributed by atoms with Gasteiger partial charge in [0.15, 0.2) is 18.1 Å². The average molecular weight is 358 g/mol. The molecule has 2 rings (SSSR count). The molecule has 0 fully saturated rings. The number of carboxylic acids is 1. The number of anilines is 1. The van der Waals surface area contributed by atoms with Crippen LogP contribution in [0, 0.1) is 13.8 Å². The van der Waals surface area contributed by atoms with Crippen LogP contribution in [0.5, 0.6) is 17.2 Å². The van der Waals surface area contributed by atoms with Crippen molar-refractivity contribution in [2.45, 2.75) is 13.8 Å². The molecule has 2 aromatic carbocycles. The van der Waals surface area contributed by atoms with Gasteiger partial charge in [0.05, 0.1) is 25.9 Å². The topological polar surface area (TPSA) is 96.9 Å². The minimum absolute atomic E-state index is 0.0388. The summed E-state index contributed by atoms with van der Waals surface area (Å²) in [5, 5.41) is 13.8. The minimum Gasteiger partial charge on any atom is -0.545 e. The highest BCUT2D eigenvalue weighted by molar-refractivity contribution is 6.01. The number of aryl methyl sites for hydroxylation is 2. The van der Waals surface area contributed by atoms with Crippen LogP contribution in [-0.4, -0.2) is 32.7 Å². The summed E-state index contributed by atoms with van der Waals surface area (Å²) in [5.74, 6) is -0.881. The van der Waals surface area contributed by atoms with E-state index in [-0.39, 0.29) is 29.4 Å². The molecule has 0 aliphatic carbocycles. The monoisotopic (exact) mass is 358 g/mol. The Morgan fingerprint density at radius 3 is 2.23 bits per heavy atom. The first-order valence-corrected chi connectivity index (χ1v) is 7.83. The standard InChI is InChI=1S/C19H21NO6/c1-11-5-6-15(12(2)7-11)26-10-18(21)20-14-9-17(25-4)16(24-3)8-13(14)19(22)23/h5-9H,10H2,1-4H3,(H,20,21)(H,22,23)/p-1. The van der Waals surface area contributed by atoms with Gasteiger partial charge in [-0.2, -0.15) is 0 Å². The fourth-order valence-corrected chi connectivity index (χ4v) is 2.44. The molecule has 26 heavy (non-hydrogen) atoms. The predicted molar refractivity (Wildman–Crippen MR) is 93.9 cm³/mol. The molecule has 7 heteroatoms. The average Bonchev–Trinajstić information content (AvgIpc) is 2.60. The Morgan fingerprint density at radius 2 is 1.65 bits per heavy atom. The smallest absolute Gasteiger partial charge is 0.262 e. The zero-order valence-electron chi connectivity index (χ0n) is 15.0. The summed E-state index contributed by atoms with van der Waals surface area (Å²) in [7, 11) is 2.79. The lowest BCUT2D eigenvalue weighted by atomic mass is 10.1. The quantitative estimate of drug-likeness (QED) is 0.809. The van der Waals surface area contributed by atoms with Gasteiger partial charge < -0.3 is 29.4 Å². The molecular formula is C19H20NO6-. The highest BCUT2D eigenvalue weighted by atomic mass is 16.5. The van der Waals surface area contributed by atoms with Gasteiger partial charge >= 0.3 is 0 Å². The normalized spacial score (nSPS) is 10.2. The highest BCUT2D eigenvalue weighted by Gasteiger charge is 2.15. The number of carboxylic acid groups (broad SMARTS) is 1. The molecule has 0 bridgehead atoms. The molecule has 0 saturated carbocycles. The molecule has 138 valence electrons. The number of hydrogen-bond acceptors (Lipinski definition) is 6. The molecule has 0 aromatic heterocycles. The Labute approximate surface area is 151 Å². The van der Waals surface area contributed by atoms with Crippen LogP contribution in [0.25, 0.3) is 0 Å². The lowest BCUT2D eigenvalue weighted by Gasteiger charge is -2.16. The molecule has 0 aliphatic heterocycles. The number of carbonyl (C=O) groups excluding carboxylic acids is 2. The van der Waals surface area contributed by atoms with Crippen LogP contribution in [-0.2, 0) is 4.79 Å². The van der Waals surface area contributed by atoms with Crippen molar-refractivity contribution in [1.29, 1.82) is 0 Å². The molecule has 0 aliphatic rings. The second kappa shape index (κ2) is 8.24. The third-order valence-electron chi connectivity index (χ3n) is 3.71. The van der Waals surface area contributed by atoms with E-state index >= 15 is 0 Å². The van der Waals surface area contributed by atoms with Crippen LogP contribution in [0.15, 0.2) is 30.3 Å². The van der Waals surface area contributed by atoms with Crippen molar-refractivity contribution in [3.8, 4) is 17.2 Å². The van der Waals surface area contributed by atoms with Gasteiger partial charge in [0.25, 0.3) is 5.91 Å². The fourth-order valence-electron chi connectivity index (χ4n) is 2.44. The zero-order valence-corrected chi connectivity index (χ0v) is 15.0. The first-order valence-electron chi connectivity index (χ1n) is 7.83. The maximum atomic E-state index is 12.2. The van der Waals surface area contributed by atoms with E-state index < -0.39 is 11.9 Å². The summed E-state index contributed by atoms with van der Waals surface area (Å²) in [6, 6.07) is 8.19. The zero-order chi connectivity index (χ0) is 19.3. The first-order chi connectivity index (χ1) is 12.3. The Morgan fingerprint density at radius 1 is 1.00 bits per heavy atom. The van der Waals surface area contributed by atoms with E-state index in [0.717, 1.165) is 11.1 Å². The molecule has 0 unspecified atom stereocenters. The van der Waals surface area contributed by atoms with Gasteiger partial charge in [-0.3, -0.25) is 4.79 Å². The van der Waals surface area contributed by atoms with Crippen molar-refractivity contribution in [3.05, 3.63) is 47.0 Å². The molecular weight excluding hydrogens is 338 g/mol. The van der Waals surface area contributed by atoms with Crippen LogP contribution in [0.2, 0.25) is 0 Å². The summed E-state index contributed by atoms with van der Waals surface area (Å²) in [5.41, 5.74) is 1.81. The highest BCUT2D eigenvalue weighted by Crippen LogP contribution is 2.33. The van der Waals surface area contributed by atoms with Gasteiger partial charge in [-0.1, -0.05) is 17.7 Å². The van der Waals surface area contributed by atoms with Gasteiger partial charge in [-0.25, -0.2) is 0 Å². The number of rotatable bonds is 7. The predicted octanol–water partition coefficient (Wildman–Crippen LogP) is 1.70. The minimum atomic E-state index is -1.45. The lowest BCUT2D eigenvalue weighted by molar-refractivity contribution is -0.254. The third kappa shape index (κ3) is 4.44. The molecule has 0 saturated heterocycles. The number of carbonyl (C=O) groups is 2. The lowest BCUT2D eigenvalue weighted by Crippen LogP contribution is -2.26. The summed E-state index contributed by atoms with van der Waals surface area (Å²) < 4.78 is 15.7. The van der Waals surface area contributed by atoms with E-state index in [1.807, 2.05) is 26.0 Å². The number of hydrogen-bond donors (Lipinski definition) is 1. The van der Waals surface area contributed by atoms with Crippen LogP contribution < -0.4 is 24.6 Å². The van der Waals surface area contributed by atoms with Crippen molar-refractivity contribution in [1.82, 2.24) is 0 Å². The molecule has 0 atom stereocenters. The fraction of sp³-hybridized carbons (Fsp3) is 0.263. The van der Waals surface area contributed by atoms with E-state index in [9.17, 15) is 14.7 Å². The van der Waals surface area contributed by atoms with Crippen molar-refractivity contribution in [2.24, 2.45) is 0 Å². The van der Waals surface area contributed by atoms with Gasteiger partial charge in [0.2, 0.25) is 0 Å². The Hall–Kier alpha value is -3.22. The van der Waals surface area contributed by atoms with Crippen LogP contribution >= 0.6 is 0 Å². The first kappa shape index (κ1) is 19.1. The molecule has 7 nitrogen and oxygen atoms in total. The summed E-state index contributed by atoms with van der Waals surface area (Å²) in [4.78, 5) is 23.5. The Balaban J connectivity index is 2.16. The van der Waals surface area contributed by atoms with Crippen LogP contribution in [0.1, 0.15) is 21.5 Å². The van der Waals surface area contributed by atoms with Crippen molar-refractivity contribution >= 4 is 17.6 Å². The summed E-state index contributed by atoms with van der Waals surface area (Å²) >= 11 is 0. The number of benzene rings is 2. The van der Waals surface area contributed by atoms with Crippen molar-refractivity contribution in [3.63, 3.8) is 0 Å². The largest absolute Gasteiger partial charge is 0.545 e. The van der Waals surface area contributed by atoms with E-state index in [1.54, 1.807) is 6.07 Å². The molecule has 2 aromatic rings.